The number of nitrogens with one attached hydrogen (secondary N) is 1. The Morgan fingerprint density at radius 1 is 1.47 bits per heavy atom. The molecule has 0 aromatic carbocycles. The first-order chi connectivity index (χ1) is 7.17. The van der Waals surface area contributed by atoms with Crippen LogP contribution in [0.1, 0.15) is 26.2 Å². The minimum Gasteiger partial charge on any atom is -0.316 e. The first kappa shape index (κ1) is 12.9. The Morgan fingerprint density at radius 2 is 2.20 bits per heavy atom. The summed E-state index contributed by atoms with van der Waals surface area (Å²) in [6, 6.07) is 1.44. The maximum absolute atomic E-state index is 3.42. The third-order valence-electron chi connectivity index (χ3n) is 3.50. The SMILES string of the molecule is CCCC(CN1CCC(N(C)C)C1)NC. The molecular weight excluding hydrogens is 186 g/mol. The summed E-state index contributed by atoms with van der Waals surface area (Å²) in [6.07, 6.45) is 3.89. The molecule has 0 radical (unpaired) electrons. The molecule has 3 heteroatoms. The van der Waals surface area contributed by atoms with Crippen molar-refractivity contribution in [2.24, 2.45) is 0 Å². The minimum atomic E-state index is 0.677. The van der Waals surface area contributed by atoms with Gasteiger partial charge in [-0.05, 0) is 40.5 Å². The number of rotatable bonds is 6. The lowest BCUT2D eigenvalue weighted by Gasteiger charge is -2.24. The molecular formula is C12H27N3. The van der Waals surface area contributed by atoms with Crippen molar-refractivity contribution < 1.29 is 0 Å². The Morgan fingerprint density at radius 3 is 2.67 bits per heavy atom. The van der Waals surface area contributed by atoms with Crippen LogP contribution < -0.4 is 5.32 Å². The van der Waals surface area contributed by atoms with E-state index >= 15 is 0 Å². The fourth-order valence-corrected chi connectivity index (χ4v) is 2.39. The molecule has 1 rings (SSSR count). The van der Waals surface area contributed by atoms with E-state index in [9.17, 15) is 0 Å². The van der Waals surface area contributed by atoms with E-state index in [0.29, 0.717) is 6.04 Å². The Labute approximate surface area is 94.8 Å². The molecule has 0 spiro atoms. The van der Waals surface area contributed by atoms with E-state index in [4.69, 9.17) is 0 Å². The first-order valence-corrected chi connectivity index (χ1v) is 6.23. The summed E-state index contributed by atoms with van der Waals surface area (Å²) in [4.78, 5) is 4.95. The van der Waals surface area contributed by atoms with Gasteiger partial charge in [0.2, 0.25) is 0 Å². The summed E-state index contributed by atoms with van der Waals surface area (Å²) < 4.78 is 0. The van der Waals surface area contributed by atoms with Crippen LogP contribution in [-0.4, -0.2) is 62.7 Å². The molecule has 1 heterocycles. The second-order valence-electron chi connectivity index (χ2n) is 4.94. The number of nitrogens with zero attached hydrogens (tertiary/aromatic N) is 2. The van der Waals surface area contributed by atoms with Gasteiger partial charge in [-0.1, -0.05) is 13.3 Å². The zero-order chi connectivity index (χ0) is 11.3. The Hall–Kier alpha value is -0.120. The summed E-state index contributed by atoms with van der Waals surface area (Å²) in [5.74, 6) is 0. The van der Waals surface area contributed by atoms with Crippen LogP contribution in [0.5, 0.6) is 0 Å². The molecule has 1 aliphatic heterocycles. The van der Waals surface area contributed by atoms with Gasteiger partial charge in [0, 0.05) is 25.2 Å². The second kappa shape index (κ2) is 6.46. The summed E-state index contributed by atoms with van der Waals surface area (Å²) in [5.41, 5.74) is 0. The molecule has 1 saturated heterocycles. The van der Waals surface area contributed by atoms with Gasteiger partial charge in [0.15, 0.2) is 0 Å². The third-order valence-corrected chi connectivity index (χ3v) is 3.50. The highest BCUT2D eigenvalue weighted by atomic mass is 15.2. The highest BCUT2D eigenvalue weighted by Gasteiger charge is 2.24. The van der Waals surface area contributed by atoms with Crippen LogP contribution in [0.2, 0.25) is 0 Å². The lowest BCUT2D eigenvalue weighted by atomic mass is 10.1. The lowest BCUT2D eigenvalue weighted by molar-refractivity contribution is 0.249. The Kier molecular flexibility index (Phi) is 5.58. The highest BCUT2D eigenvalue weighted by molar-refractivity contribution is 4.83. The molecule has 0 bridgehead atoms. The molecule has 1 fully saturated rings. The highest BCUT2D eigenvalue weighted by Crippen LogP contribution is 2.14. The number of likely N-dealkylation sites (N-methyl/N-ethyl adjacent to an activating group) is 2. The van der Waals surface area contributed by atoms with Crippen LogP contribution in [0.25, 0.3) is 0 Å². The van der Waals surface area contributed by atoms with Gasteiger partial charge in [0.25, 0.3) is 0 Å². The van der Waals surface area contributed by atoms with Crippen LogP contribution in [0.4, 0.5) is 0 Å². The van der Waals surface area contributed by atoms with Crippen LogP contribution in [0.15, 0.2) is 0 Å². The van der Waals surface area contributed by atoms with E-state index in [1.165, 1.54) is 38.9 Å². The minimum absolute atomic E-state index is 0.677. The smallest absolute Gasteiger partial charge is 0.0229 e. The van der Waals surface area contributed by atoms with Crippen molar-refractivity contribution in [1.82, 2.24) is 15.1 Å². The van der Waals surface area contributed by atoms with Gasteiger partial charge in [0.05, 0.1) is 0 Å². The van der Waals surface area contributed by atoms with Crippen LogP contribution in [0, 0.1) is 0 Å². The molecule has 2 unspecified atom stereocenters. The molecule has 2 atom stereocenters. The molecule has 0 amide bonds. The van der Waals surface area contributed by atoms with E-state index in [2.05, 4.69) is 43.2 Å². The Balaban J connectivity index is 2.27. The van der Waals surface area contributed by atoms with Crippen molar-refractivity contribution in [3.05, 3.63) is 0 Å². The number of hydrogen-bond donors (Lipinski definition) is 1. The van der Waals surface area contributed by atoms with Crippen molar-refractivity contribution in [2.45, 2.75) is 38.3 Å². The fraction of sp³-hybridized carbons (Fsp3) is 1.00. The maximum atomic E-state index is 3.42. The summed E-state index contributed by atoms with van der Waals surface area (Å²) in [5, 5.41) is 3.42. The van der Waals surface area contributed by atoms with E-state index in [0.717, 1.165) is 6.04 Å². The molecule has 1 aliphatic rings. The fourth-order valence-electron chi connectivity index (χ4n) is 2.39. The topological polar surface area (TPSA) is 18.5 Å². The first-order valence-electron chi connectivity index (χ1n) is 6.23. The number of hydrogen-bond acceptors (Lipinski definition) is 3. The van der Waals surface area contributed by atoms with Crippen LogP contribution in [0.3, 0.4) is 0 Å². The Bertz CT molecular complexity index is 170. The average molecular weight is 213 g/mol. The summed E-state index contributed by atoms with van der Waals surface area (Å²) in [6.45, 7) is 5.99. The second-order valence-corrected chi connectivity index (χ2v) is 4.94. The van der Waals surface area contributed by atoms with Crippen LogP contribution in [-0.2, 0) is 0 Å². The van der Waals surface area contributed by atoms with Crippen molar-refractivity contribution in [1.29, 1.82) is 0 Å². The molecule has 0 aromatic heterocycles. The zero-order valence-corrected chi connectivity index (χ0v) is 10.8. The van der Waals surface area contributed by atoms with Gasteiger partial charge in [-0.2, -0.15) is 0 Å². The standard InChI is InChI=1S/C12H27N3/c1-5-6-11(13-2)9-15-8-7-12(10-15)14(3)4/h11-13H,5-10H2,1-4H3. The van der Waals surface area contributed by atoms with Crippen molar-refractivity contribution >= 4 is 0 Å². The van der Waals surface area contributed by atoms with Gasteiger partial charge in [-0.25, -0.2) is 0 Å². The number of likely N-dealkylation sites (tertiary alicyclic amines) is 1. The molecule has 15 heavy (non-hydrogen) atoms. The van der Waals surface area contributed by atoms with E-state index in [-0.39, 0.29) is 0 Å². The van der Waals surface area contributed by atoms with Gasteiger partial charge >= 0.3 is 0 Å². The summed E-state index contributed by atoms with van der Waals surface area (Å²) in [7, 11) is 6.46. The quantitative estimate of drug-likeness (QED) is 0.710. The molecule has 90 valence electrons. The van der Waals surface area contributed by atoms with Gasteiger partial charge in [-0.15, -0.1) is 0 Å². The van der Waals surface area contributed by atoms with E-state index in [1.807, 2.05) is 0 Å². The monoisotopic (exact) mass is 213 g/mol. The molecule has 0 aliphatic carbocycles. The van der Waals surface area contributed by atoms with E-state index < -0.39 is 0 Å². The van der Waals surface area contributed by atoms with Gasteiger partial charge in [0.1, 0.15) is 0 Å². The van der Waals surface area contributed by atoms with Crippen molar-refractivity contribution in [3.63, 3.8) is 0 Å². The van der Waals surface area contributed by atoms with Crippen molar-refractivity contribution in [2.75, 3.05) is 40.8 Å². The van der Waals surface area contributed by atoms with Crippen molar-refractivity contribution in [3.8, 4) is 0 Å². The lowest BCUT2D eigenvalue weighted by Crippen LogP contribution is -2.40. The van der Waals surface area contributed by atoms with Gasteiger partial charge in [-0.3, -0.25) is 0 Å². The maximum Gasteiger partial charge on any atom is 0.0229 e. The zero-order valence-electron chi connectivity index (χ0n) is 10.8. The molecule has 0 aromatic rings. The van der Waals surface area contributed by atoms with Gasteiger partial charge < -0.3 is 15.1 Å². The summed E-state index contributed by atoms with van der Waals surface area (Å²) >= 11 is 0. The van der Waals surface area contributed by atoms with E-state index in [1.54, 1.807) is 0 Å². The normalized spacial score (nSPS) is 25.0. The third kappa shape index (κ3) is 4.09. The average Bonchev–Trinajstić information content (AvgIpc) is 2.65. The van der Waals surface area contributed by atoms with Crippen LogP contribution >= 0.6 is 0 Å². The largest absolute Gasteiger partial charge is 0.316 e. The predicted octanol–water partition coefficient (Wildman–Crippen LogP) is 1.01. The molecule has 0 saturated carbocycles. The molecule has 1 N–H and O–H groups in total. The predicted molar refractivity (Wildman–Crippen MR) is 66.3 cm³/mol. The molecule has 3 nitrogen and oxygen atoms in total.